The number of rotatable bonds is 1. The van der Waals surface area contributed by atoms with Gasteiger partial charge in [-0.15, -0.1) is 0 Å². The number of nitrogens with zero attached hydrogens (tertiary/aromatic N) is 3. The number of hydrogen-bond acceptors (Lipinski definition) is 3. The third kappa shape index (κ3) is 1.99. The predicted octanol–water partition coefficient (Wildman–Crippen LogP) is 0.293. The first-order valence-corrected chi connectivity index (χ1v) is 5.25. The van der Waals surface area contributed by atoms with Gasteiger partial charge in [0.25, 0.3) is 0 Å². The van der Waals surface area contributed by atoms with Gasteiger partial charge in [-0.25, -0.2) is 14.8 Å². The summed E-state index contributed by atoms with van der Waals surface area (Å²) in [6.45, 7) is 5.29. The Kier molecular flexibility index (Phi) is 2.88. The van der Waals surface area contributed by atoms with Crippen molar-refractivity contribution >= 4 is 6.09 Å². The van der Waals surface area contributed by atoms with E-state index < -0.39 is 6.09 Å². The van der Waals surface area contributed by atoms with Crippen LogP contribution in [0.25, 0.3) is 0 Å². The van der Waals surface area contributed by atoms with Crippen molar-refractivity contribution < 1.29 is 9.90 Å². The first kappa shape index (κ1) is 9.73. The van der Waals surface area contributed by atoms with E-state index in [1.165, 1.54) is 17.7 Å². The van der Waals surface area contributed by atoms with Gasteiger partial charge < -0.3 is 10.0 Å². The number of hydrogen-bond donors (Lipinski definition) is 1. The maximum atomic E-state index is 10.7. The standard InChI is InChI=1S/C9H17N3O2/c13-9(14)10-5-7-12(8-6-10)11-3-1-2-4-11/h1-8H2,(H,13,14). The van der Waals surface area contributed by atoms with Crippen LogP contribution < -0.4 is 0 Å². The van der Waals surface area contributed by atoms with Gasteiger partial charge in [0.15, 0.2) is 0 Å². The summed E-state index contributed by atoms with van der Waals surface area (Å²) in [4.78, 5) is 12.2. The molecule has 1 amide bonds. The molecule has 2 aliphatic heterocycles. The van der Waals surface area contributed by atoms with Gasteiger partial charge in [-0.1, -0.05) is 0 Å². The second kappa shape index (κ2) is 4.14. The molecule has 80 valence electrons. The quantitative estimate of drug-likeness (QED) is 0.659. The van der Waals surface area contributed by atoms with Crippen LogP contribution in [-0.4, -0.2) is 65.4 Å². The minimum atomic E-state index is -0.786. The van der Waals surface area contributed by atoms with Gasteiger partial charge in [0.1, 0.15) is 0 Å². The molecule has 5 nitrogen and oxygen atoms in total. The molecule has 0 aromatic carbocycles. The fourth-order valence-corrected chi connectivity index (χ4v) is 2.15. The third-order valence-electron chi connectivity index (χ3n) is 3.01. The maximum absolute atomic E-state index is 10.7. The number of piperazine rings is 1. The van der Waals surface area contributed by atoms with E-state index in [1.54, 1.807) is 0 Å². The van der Waals surface area contributed by atoms with Crippen LogP contribution >= 0.6 is 0 Å². The van der Waals surface area contributed by atoms with Crippen LogP contribution in [0.15, 0.2) is 0 Å². The summed E-state index contributed by atoms with van der Waals surface area (Å²) < 4.78 is 0. The highest BCUT2D eigenvalue weighted by Crippen LogP contribution is 2.13. The molecule has 0 aliphatic carbocycles. The van der Waals surface area contributed by atoms with Crippen molar-refractivity contribution in [2.45, 2.75) is 12.8 Å². The second-order valence-electron chi connectivity index (χ2n) is 3.88. The van der Waals surface area contributed by atoms with Crippen LogP contribution in [0.3, 0.4) is 0 Å². The Labute approximate surface area is 83.9 Å². The summed E-state index contributed by atoms with van der Waals surface area (Å²) in [6, 6.07) is 0. The van der Waals surface area contributed by atoms with Gasteiger partial charge in [0.2, 0.25) is 0 Å². The lowest BCUT2D eigenvalue weighted by molar-refractivity contribution is -0.0361. The third-order valence-corrected chi connectivity index (χ3v) is 3.01. The summed E-state index contributed by atoms with van der Waals surface area (Å²) in [5.74, 6) is 0. The molecule has 0 aromatic heterocycles. The normalized spacial score (nSPS) is 25.6. The molecule has 2 aliphatic rings. The Bertz CT molecular complexity index is 208. The molecular weight excluding hydrogens is 182 g/mol. The van der Waals surface area contributed by atoms with Crippen LogP contribution in [0.5, 0.6) is 0 Å². The Morgan fingerprint density at radius 1 is 0.857 bits per heavy atom. The van der Waals surface area contributed by atoms with Crippen molar-refractivity contribution in [1.82, 2.24) is 14.9 Å². The average Bonchev–Trinajstić information content (AvgIpc) is 2.71. The molecule has 0 radical (unpaired) electrons. The van der Waals surface area contributed by atoms with Gasteiger partial charge >= 0.3 is 6.09 Å². The van der Waals surface area contributed by atoms with Crippen LogP contribution in [-0.2, 0) is 0 Å². The molecule has 0 bridgehead atoms. The number of amides is 1. The van der Waals surface area contributed by atoms with Crippen LogP contribution in [0.2, 0.25) is 0 Å². The lowest BCUT2D eigenvalue weighted by Gasteiger charge is -2.38. The molecule has 14 heavy (non-hydrogen) atoms. The van der Waals surface area contributed by atoms with Crippen molar-refractivity contribution in [2.24, 2.45) is 0 Å². The van der Waals surface area contributed by atoms with E-state index in [1.807, 2.05) is 0 Å². The molecular formula is C9H17N3O2. The van der Waals surface area contributed by atoms with E-state index in [2.05, 4.69) is 10.0 Å². The van der Waals surface area contributed by atoms with Gasteiger partial charge in [-0.05, 0) is 12.8 Å². The lowest BCUT2D eigenvalue weighted by atomic mass is 10.4. The van der Waals surface area contributed by atoms with E-state index in [0.29, 0.717) is 13.1 Å². The minimum Gasteiger partial charge on any atom is -0.465 e. The molecule has 2 rings (SSSR count). The van der Waals surface area contributed by atoms with E-state index in [0.717, 1.165) is 26.2 Å². The molecule has 0 atom stereocenters. The summed E-state index contributed by atoms with van der Waals surface area (Å²) in [5.41, 5.74) is 0. The number of carboxylic acid groups (broad SMARTS) is 1. The van der Waals surface area contributed by atoms with Crippen LogP contribution in [0.4, 0.5) is 4.79 Å². The Balaban J connectivity index is 1.80. The minimum absolute atomic E-state index is 0.645. The van der Waals surface area contributed by atoms with Crippen LogP contribution in [0, 0.1) is 0 Å². The summed E-state index contributed by atoms with van der Waals surface area (Å²) >= 11 is 0. The summed E-state index contributed by atoms with van der Waals surface area (Å²) in [6.07, 6.45) is 1.77. The van der Waals surface area contributed by atoms with Crippen molar-refractivity contribution in [2.75, 3.05) is 39.3 Å². The molecule has 2 fully saturated rings. The molecule has 1 N–H and O–H groups in total. The zero-order valence-corrected chi connectivity index (χ0v) is 8.35. The van der Waals surface area contributed by atoms with E-state index in [4.69, 9.17) is 5.11 Å². The smallest absolute Gasteiger partial charge is 0.407 e. The first-order valence-electron chi connectivity index (χ1n) is 5.25. The summed E-state index contributed by atoms with van der Waals surface area (Å²) in [5, 5.41) is 13.4. The Morgan fingerprint density at radius 3 is 1.86 bits per heavy atom. The SMILES string of the molecule is O=C(O)N1CCN(N2CCCC2)CC1. The zero-order chi connectivity index (χ0) is 9.97. The monoisotopic (exact) mass is 199 g/mol. The predicted molar refractivity (Wildman–Crippen MR) is 52.0 cm³/mol. The first-order chi connectivity index (χ1) is 6.77. The second-order valence-corrected chi connectivity index (χ2v) is 3.88. The fourth-order valence-electron chi connectivity index (χ4n) is 2.15. The largest absolute Gasteiger partial charge is 0.465 e. The lowest BCUT2D eigenvalue weighted by Crippen LogP contribution is -2.53. The van der Waals surface area contributed by atoms with E-state index >= 15 is 0 Å². The molecule has 0 aromatic rings. The highest BCUT2D eigenvalue weighted by atomic mass is 16.4. The molecule has 2 heterocycles. The van der Waals surface area contributed by atoms with Gasteiger partial charge in [0, 0.05) is 39.3 Å². The average molecular weight is 199 g/mol. The molecule has 0 unspecified atom stereocenters. The zero-order valence-electron chi connectivity index (χ0n) is 8.35. The van der Waals surface area contributed by atoms with Crippen molar-refractivity contribution in [3.05, 3.63) is 0 Å². The Hall–Kier alpha value is -0.810. The highest BCUT2D eigenvalue weighted by molar-refractivity contribution is 5.65. The molecule has 0 saturated carbocycles. The van der Waals surface area contributed by atoms with Crippen molar-refractivity contribution in [3.8, 4) is 0 Å². The molecule has 0 spiro atoms. The van der Waals surface area contributed by atoms with Crippen LogP contribution in [0.1, 0.15) is 12.8 Å². The van der Waals surface area contributed by atoms with E-state index in [-0.39, 0.29) is 0 Å². The Morgan fingerprint density at radius 2 is 1.36 bits per heavy atom. The number of carbonyl (C=O) groups is 1. The fraction of sp³-hybridized carbons (Fsp3) is 0.889. The van der Waals surface area contributed by atoms with Crippen molar-refractivity contribution in [1.29, 1.82) is 0 Å². The number of hydrazine groups is 1. The van der Waals surface area contributed by atoms with Crippen molar-refractivity contribution in [3.63, 3.8) is 0 Å². The topological polar surface area (TPSA) is 47.0 Å². The van der Waals surface area contributed by atoms with Gasteiger partial charge in [-0.2, -0.15) is 0 Å². The van der Waals surface area contributed by atoms with E-state index in [9.17, 15) is 4.79 Å². The highest BCUT2D eigenvalue weighted by Gasteiger charge is 2.25. The van der Waals surface area contributed by atoms with Gasteiger partial charge in [-0.3, -0.25) is 0 Å². The molecule has 2 saturated heterocycles. The molecule has 5 heteroatoms. The maximum Gasteiger partial charge on any atom is 0.407 e. The van der Waals surface area contributed by atoms with Gasteiger partial charge in [0.05, 0.1) is 0 Å². The summed E-state index contributed by atoms with van der Waals surface area (Å²) in [7, 11) is 0.